The minimum absolute atomic E-state index is 0.291. The summed E-state index contributed by atoms with van der Waals surface area (Å²) in [7, 11) is 0. The van der Waals surface area contributed by atoms with Crippen molar-refractivity contribution in [3.05, 3.63) is 17.0 Å². The molecule has 0 amide bonds. The summed E-state index contributed by atoms with van der Waals surface area (Å²) < 4.78 is 7.00. The first-order valence-corrected chi connectivity index (χ1v) is 5.83. The van der Waals surface area contributed by atoms with E-state index in [-0.39, 0.29) is 0 Å². The molecule has 17 heavy (non-hydrogen) atoms. The Labute approximate surface area is 103 Å². The molecule has 3 heterocycles. The van der Waals surface area contributed by atoms with E-state index < -0.39 is 0 Å². The summed E-state index contributed by atoms with van der Waals surface area (Å²) in [5, 5.41) is 7.98. The van der Waals surface area contributed by atoms with Crippen molar-refractivity contribution in [2.75, 3.05) is 18.5 Å². The van der Waals surface area contributed by atoms with Crippen molar-refractivity contribution in [3.8, 4) is 0 Å². The molecule has 2 aromatic rings. The van der Waals surface area contributed by atoms with Crippen LogP contribution in [0.3, 0.4) is 0 Å². The van der Waals surface area contributed by atoms with E-state index >= 15 is 0 Å². The van der Waals surface area contributed by atoms with E-state index in [1.807, 2.05) is 6.92 Å². The monoisotopic (exact) mass is 253 g/mol. The van der Waals surface area contributed by atoms with Gasteiger partial charge in [-0.2, -0.15) is 19.6 Å². The minimum atomic E-state index is 0.291. The highest BCUT2D eigenvalue weighted by molar-refractivity contribution is 6.30. The van der Waals surface area contributed by atoms with Crippen LogP contribution in [0.5, 0.6) is 0 Å². The molecule has 7 heteroatoms. The molecule has 1 unspecified atom stereocenters. The summed E-state index contributed by atoms with van der Waals surface area (Å²) in [5.41, 5.74) is 0.872. The Balaban J connectivity index is 2.05. The molecule has 1 N–H and O–H groups in total. The van der Waals surface area contributed by atoms with Gasteiger partial charge < -0.3 is 10.1 Å². The lowest BCUT2D eigenvalue weighted by molar-refractivity contribution is 0.195. The first-order valence-electron chi connectivity index (χ1n) is 5.46. The normalized spacial score (nSPS) is 20.0. The summed E-state index contributed by atoms with van der Waals surface area (Å²) in [6.45, 7) is 3.40. The fourth-order valence-corrected chi connectivity index (χ4v) is 2.07. The third kappa shape index (κ3) is 1.83. The van der Waals surface area contributed by atoms with Crippen LogP contribution in [0.1, 0.15) is 12.0 Å². The van der Waals surface area contributed by atoms with E-state index in [9.17, 15) is 0 Å². The van der Waals surface area contributed by atoms with Crippen molar-refractivity contribution in [3.63, 3.8) is 0 Å². The Morgan fingerprint density at radius 2 is 2.47 bits per heavy atom. The number of rotatable bonds is 2. The fourth-order valence-electron chi connectivity index (χ4n) is 1.91. The number of hydrogen-bond donors (Lipinski definition) is 1. The number of ether oxygens (including phenoxy) is 1. The molecule has 0 aromatic carbocycles. The summed E-state index contributed by atoms with van der Waals surface area (Å²) in [4.78, 5) is 8.19. The Hall–Kier alpha value is -1.40. The largest absolute Gasteiger partial charge is 0.379 e. The molecule has 0 bridgehead atoms. The summed E-state index contributed by atoms with van der Waals surface area (Å²) in [6.07, 6.45) is 2.45. The number of nitrogens with zero attached hydrogens (tertiary/aromatic N) is 4. The lowest BCUT2D eigenvalue weighted by Crippen LogP contribution is -2.22. The highest BCUT2D eigenvalue weighted by atomic mass is 35.5. The minimum Gasteiger partial charge on any atom is -0.379 e. The molecule has 0 saturated carbocycles. The van der Waals surface area contributed by atoms with Crippen molar-refractivity contribution >= 4 is 23.2 Å². The van der Waals surface area contributed by atoms with E-state index in [1.54, 1.807) is 4.52 Å². The van der Waals surface area contributed by atoms with Crippen LogP contribution in [0.25, 0.3) is 5.78 Å². The lowest BCUT2D eigenvalue weighted by atomic mass is 10.2. The predicted molar refractivity (Wildman–Crippen MR) is 63.4 cm³/mol. The van der Waals surface area contributed by atoms with Gasteiger partial charge in [-0.25, -0.2) is 0 Å². The molecular formula is C10H12ClN5O. The van der Waals surface area contributed by atoms with E-state index in [4.69, 9.17) is 16.3 Å². The maximum atomic E-state index is 6.07. The molecular weight excluding hydrogens is 242 g/mol. The average molecular weight is 254 g/mol. The number of aromatic nitrogens is 4. The van der Waals surface area contributed by atoms with Gasteiger partial charge in [-0.05, 0) is 13.3 Å². The van der Waals surface area contributed by atoms with E-state index in [1.165, 1.54) is 6.33 Å². The highest BCUT2D eigenvalue weighted by Gasteiger charge is 2.19. The van der Waals surface area contributed by atoms with Crippen LogP contribution in [0, 0.1) is 6.92 Å². The Bertz CT molecular complexity index is 549. The number of fused-ring (bicyclic) bond motifs is 1. The van der Waals surface area contributed by atoms with Crippen LogP contribution >= 0.6 is 11.6 Å². The average Bonchev–Trinajstić information content (AvgIpc) is 2.94. The third-order valence-corrected chi connectivity index (χ3v) is 3.24. The first-order chi connectivity index (χ1) is 8.25. The summed E-state index contributed by atoms with van der Waals surface area (Å²) in [6, 6.07) is 0.291. The topological polar surface area (TPSA) is 64.3 Å². The molecule has 1 aliphatic rings. The molecule has 6 nitrogen and oxygen atoms in total. The second kappa shape index (κ2) is 4.12. The number of nitrogens with one attached hydrogen (secondary N) is 1. The molecule has 2 aromatic heterocycles. The number of hydrogen-bond acceptors (Lipinski definition) is 5. The predicted octanol–water partition coefficient (Wildman–Crippen LogP) is 1.29. The third-order valence-electron chi connectivity index (χ3n) is 2.87. The zero-order valence-electron chi connectivity index (χ0n) is 9.35. The van der Waals surface area contributed by atoms with Crippen LogP contribution in [-0.4, -0.2) is 38.8 Å². The van der Waals surface area contributed by atoms with Gasteiger partial charge in [0, 0.05) is 12.2 Å². The van der Waals surface area contributed by atoms with Crippen molar-refractivity contribution in [2.45, 2.75) is 19.4 Å². The molecule has 0 aliphatic carbocycles. The van der Waals surface area contributed by atoms with E-state index in [2.05, 4.69) is 20.4 Å². The van der Waals surface area contributed by atoms with Crippen LogP contribution in [0.2, 0.25) is 5.15 Å². The first kappa shape index (κ1) is 10.7. The van der Waals surface area contributed by atoms with Gasteiger partial charge in [-0.1, -0.05) is 11.6 Å². The fraction of sp³-hybridized carbons (Fsp3) is 0.500. The number of anilines is 1. The standard InChI is InChI=1S/C10H12ClN5O/c1-6-8(11)15-10-12-5-13-16(10)9(6)14-7-2-3-17-4-7/h5,7,14H,2-4H2,1H3. The summed E-state index contributed by atoms with van der Waals surface area (Å²) in [5.74, 6) is 1.34. The molecule has 3 rings (SSSR count). The van der Waals surface area contributed by atoms with Gasteiger partial charge in [-0.15, -0.1) is 0 Å². The van der Waals surface area contributed by atoms with Crippen LogP contribution < -0.4 is 5.32 Å². The Morgan fingerprint density at radius 3 is 3.24 bits per heavy atom. The Morgan fingerprint density at radius 1 is 1.59 bits per heavy atom. The second-order valence-corrected chi connectivity index (χ2v) is 4.41. The van der Waals surface area contributed by atoms with Crippen molar-refractivity contribution in [1.82, 2.24) is 19.6 Å². The van der Waals surface area contributed by atoms with E-state index in [0.29, 0.717) is 23.6 Å². The van der Waals surface area contributed by atoms with Gasteiger partial charge in [0.05, 0.1) is 12.6 Å². The number of halogens is 1. The zero-order chi connectivity index (χ0) is 11.8. The van der Waals surface area contributed by atoms with Gasteiger partial charge in [0.1, 0.15) is 17.3 Å². The summed E-state index contributed by atoms with van der Waals surface area (Å²) >= 11 is 6.07. The lowest BCUT2D eigenvalue weighted by Gasteiger charge is -2.15. The van der Waals surface area contributed by atoms with Crippen molar-refractivity contribution in [1.29, 1.82) is 0 Å². The molecule has 1 fully saturated rings. The van der Waals surface area contributed by atoms with Crippen LogP contribution in [0.4, 0.5) is 5.82 Å². The molecule has 0 spiro atoms. The molecule has 1 aliphatic heterocycles. The second-order valence-electron chi connectivity index (χ2n) is 4.05. The highest BCUT2D eigenvalue weighted by Crippen LogP contribution is 2.23. The van der Waals surface area contributed by atoms with Gasteiger partial charge in [0.25, 0.3) is 5.78 Å². The smallest absolute Gasteiger partial charge is 0.255 e. The molecule has 1 saturated heterocycles. The van der Waals surface area contributed by atoms with Crippen LogP contribution in [0.15, 0.2) is 6.33 Å². The van der Waals surface area contributed by atoms with Crippen LogP contribution in [-0.2, 0) is 4.74 Å². The molecule has 90 valence electrons. The molecule has 0 radical (unpaired) electrons. The van der Waals surface area contributed by atoms with Gasteiger partial charge in [0.15, 0.2) is 0 Å². The van der Waals surface area contributed by atoms with E-state index in [0.717, 1.165) is 24.4 Å². The zero-order valence-corrected chi connectivity index (χ0v) is 10.1. The SMILES string of the molecule is Cc1c(Cl)nc2ncnn2c1NC1CCOC1. The maximum Gasteiger partial charge on any atom is 0.255 e. The van der Waals surface area contributed by atoms with Crippen molar-refractivity contribution in [2.24, 2.45) is 0 Å². The maximum absolute atomic E-state index is 6.07. The quantitative estimate of drug-likeness (QED) is 0.817. The van der Waals surface area contributed by atoms with Crippen molar-refractivity contribution < 1.29 is 4.74 Å². The molecule has 1 atom stereocenters. The Kier molecular flexibility index (Phi) is 2.60. The van der Waals surface area contributed by atoms with Gasteiger partial charge >= 0.3 is 0 Å². The van der Waals surface area contributed by atoms with Gasteiger partial charge in [0.2, 0.25) is 0 Å². The van der Waals surface area contributed by atoms with Gasteiger partial charge in [-0.3, -0.25) is 0 Å².